The first-order chi connectivity index (χ1) is 44.0. The van der Waals surface area contributed by atoms with Gasteiger partial charge in [0.25, 0.3) is 7.82 Å². The summed E-state index contributed by atoms with van der Waals surface area (Å²) >= 11 is 0. The van der Waals surface area contributed by atoms with Gasteiger partial charge in [0.15, 0.2) is 6.10 Å². The smallest absolute Gasteiger partial charge is 0.306 e. The van der Waals surface area contributed by atoms with Crippen LogP contribution < -0.4 is 4.89 Å². The number of esters is 2. The third-order valence-corrected chi connectivity index (χ3v) is 16.6. The summed E-state index contributed by atoms with van der Waals surface area (Å²) in [6, 6.07) is 0. The zero-order chi connectivity index (χ0) is 65.5. The number of carbonyl (C=O) groups is 2. The van der Waals surface area contributed by atoms with Crippen LogP contribution in [0.5, 0.6) is 0 Å². The van der Waals surface area contributed by atoms with Crippen LogP contribution in [-0.2, 0) is 32.7 Å². The number of unbranched alkanes of at least 4 members (excludes halogenated alkanes) is 31. The lowest BCUT2D eigenvalue weighted by molar-refractivity contribution is -0.870. The maximum Gasteiger partial charge on any atom is 0.306 e. The molecule has 0 aliphatic heterocycles. The Balaban J connectivity index is 4.02. The normalized spacial score (nSPS) is 13.9. The number of nitrogens with zero attached hydrogens (tertiary/aromatic N) is 1. The number of ether oxygens (including phenoxy) is 2. The fourth-order valence-corrected chi connectivity index (χ4v) is 10.8. The second-order valence-electron chi connectivity index (χ2n) is 25.5. The molecule has 0 rings (SSSR count). The maximum absolute atomic E-state index is 12.9. The van der Waals surface area contributed by atoms with E-state index in [1.54, 1.807) is 0 Å². The Morgan fingerprint density at radius 3 is 0.889 bits per heavy atom. The largest absolute Gasteiger partial charge is 0.756 e. The highest BCUT2D eigenvalue weighted by Gasteiger charge is 2.22. The van der Waals surface area contributed by atoms with E-state index < -0.39 is 26.5 Å². The van der Waals surface area contributed by atoms with Crippen LogP contribution in [0, 0.1) is 0 Å². The fraction of sp³-hybridized carbons (Fsp3) is 0.700. The molecule has 0 spiro atoms. The molecule has 0 heterocycles. The molecule has 0 fully saturated rings. The van der Waals surface area contributed by atoms with Crippen LogP contribution in [-0.4, -0.2) is 70.0 Å². The second-order valence-corrected chi connectivity index (χ2v) is 27.0. The molecule has 0 saturated carbocycles. The molecule has 516 valence electrons. The molecular formula is C80H138NO8P. The Labute approximate surface area is 555 Å². The predicted molar refractivity (Wildman–Crippen MR) is 388 cm³/mol. The van der Waals surface area contributed by atoms with Crippen LogP contribution in [0.3, 0.4) is 0 Å². The van der Waals surface area contributed by atoms with Crippen LogP contribution in [0.25, 0.3) is 0 Å². The first kappa shape index (κ1) is 86.2. The van der Waals surface area contributed by atoms with E-state index in [2.05, 4.69) is 148 Å². The van der Waals surface area contributed by atoms with Crippen molar-refractivity contribution in [2.45, 2.75) is 315 Å². The second kappa shape index (κ2) is 69.5. The average Bonchev–Trinajstić information content (AvgIpc) is 3.58. The van der Waals surface area contributed by atoms with E-state index in [1.165, 1.54) is 167 Å². The molecule has 0 aliphatic carbocycles. The number of carbonyl (C=O) groups excluding carboxylic acids is 2. The molecule has 0 amide bonds. The SMILES string of the molecule is CC/C=C\C/C=C\C/C=C\C/C=C\C/C=C\C/C=C\CCCCCCCCCCCCCCC(=O)OC(COC(=O)CCCCCCCCCCCCCCCCCCCCC/C=C\C/C=C\C/C=C\C/C=C\C/C=C\CC)COP(=O)([O-])OCC[N+](C)(C)C. The van der Waals surface area contributed by atoms with E-state index in [0.29, 0.717) is 17.4 Å². The fourth-order valence-electron chi connectivity index (χ4n) is 10.1. The lowest BCUT2D eigenvalue weighted by atomic mass is 10.0. The Hall–Kier alpha value is -3.85. The summed E-state index contributed by atoms with van der Waals surface area (Å²) < 4.78 is 34.4. The van der Waals surface area contributed by atoms with Crippen LogP contribution in [0.2, 0.25) is 0 Å². The molecule has 2 atom stereocenters. The van der Waals surface area contributed by atoms with E-state index in [-0.39, 0.29) is 32.0 Å². The van der Waals surface area contributed by atoms with Gasteiger partial charge in [-0.15, -0.1) is 0 Å². The van der Waals surface area contributed by atoms with Gasteiger partial charge < -0.3 is 27.9 Å². The third kappa shape index (κ3) is 73.2. The van der Waals surface area contributed by atoms with Crippen molar-refractivity contribution in [3.63, 3.8) is 0 Å². The van der Waals surface area contributed by atoms with Gasteiger partial charge in [0.05, 0.1) is 27.7 Å². The molecule has 10 heteroatoms. The molecular weight excluding hydrogens is 1130 g/mol. The number of hydrogen-bond donors (Lipinski definition) is 0. The van der Waals surface area contributed by atoms with Crippen molar-refractivity contribution in [3.8, 4) is 0 Å². The number of likely N-dealkylation sites (N-methyl/N-ethyl adjacent to an activating group) is 1. The van der Waals surface area contributed by atoms with Crippen molar-refractivity contribution in [3.05, 3.63) is 134 Å². The summed E-state index contributed by atoms with van der Waals surface area (Å²) in [4.78, 5) is 38.1. The number of phosphoric ester groups is 1. The van der Waals surface area contributed by atoms with E-state index in [4.69, 9.17) is 18.5 Å². The molecule has 90 heavy (non-hydrogen) atoms. The summed E-state index contributed by atoms with van der Waals surface area (Å²) in [7, 11) is 1.16. The minimum Gasteiger partial charge on any atom is -0.756 e. The molecule has 0 aromatic heterocycles. The molecule has 9 nitrogen and oxygen atoms in total. The molecule has 0 aliphatic rings. The van der Waals surface area contributed by atoms with Gasteiger partial charge >= 0.3 is 11.9 Å². The highest BCUT2D eigenvalue weighted by molar-refractivity contribution is 7.45. The van der Waals surface area contributed by atoms with E-state index in [0.717, 1.165) is 109 Å². The highest BCUT2D eigenvalue weighted by atomic mass is 31.2. The van der Waals surface area contributed by atoms with E-state index in [1.807, 2.05) is 21.1 Å². The Morgan fingerprint density at radius 1 is 0.344 bits per heavy atom. The van der Waals surface area contributed by atoms with Crippen LogP contribution >= 0.6 is 7.82 Å². The minimum absolute atomic E-state index is 0.0351. The van der Waals surface area contributed by atoms with Crippen molar-refractivity contribution in [2.24, 2.45) is 0 Å². The number of rotatable bonds is 67. The van der Waals surface area contributed by atoms with Gasteiger partial charge in [-0.05, 0) is 109 Å². The van der Waals surface area contributed by atoms with E-state index in [9.17, 15) is 19.0 Å². The van der Waals surface area contributed by atoms with Crippen molar-refractivity contribution < 1.29 is 42.1 Å². The van der Waals surface area contributed by atoms with Gasteiger partial charge in [0.1, 0.15) is 19.8 Å². The van der Waals surface area contributed by atoms with Gasteiger partial charge in [0, 0.05) is 12.8 Å². The monoisotopic (exact) mass is 1270 g/mol. The zero-order valence-electron chi connectivity index (χ0n) is 58.8. The predicted octanol–water partition coefficient (Wildman–Crippen LogP) is 23.8. The van der Waals surface area contributed by atoms with Gasteiger partial charge in [-0.2, -0.15) is 0 Å². The molecule has 0 aromatic rings. The zero-order valence-corrected chi connectivity index (χ0v) is 59.7. The third-order valence-electron chi connectivity index (χ3n) is 15.7. The van der Waals surface area contributed by atoms with Crippen LogP contribution in [0.4, 0.5) is 0 Å². The summed E-state index contributed by atoms with van der Waals surface area (Å²) in [5.74, 6) is -0.830. The van der Waals surface area contributed by atoms with Gasteiger partial charge in [-0.25, -0.2) is 0 Å². The Kier molecular flexibility index (Phi) is 66.5. The number of phosphoric acid groups is 1. The Morgan fingerprint density at radius 2 is 0.600 bits per heavy atom. The average molecular weight is 1270 g/mol. The number of quaternary nitrogens is 1. The van der Waals surface area contributed by atoms with Gasteiger partial charge in [-0.1, -0.05) is 321 Å². The van der Waals surface area contributed by atoms with Crippen molar-refractivity contribution in [2.75, 3.05) is 47.5 Å². The van der Waals surface area contributed by atoms with Crippen molar-refractivity contribution in [1.82, 2.24) is 0 Å². The topological polar surface area (TPSA) is 111 Å². The summed E-state index contributed by atoms with van der Waals surface area (Å²) in [6.45, 7) is 4.03. The van der Waals surface area contributed by atoms with Crippen molar-refractivity contribution in [1.29, 1.82) is 0 Å². The van der Waals surface area contributed by atoms with Gasteiger partial charge in [-0.3, -0.25) is 14.2 Å². The summed E-state index contributed by atoms with van der Waals surface area (Å²) in [6.07, 6.45) is 101. The lowest BCUT2D eigenvalue weighted by Crippen LogP contribution is -2.37. The van der Waals surface area contributed by atoms with E-state index >= 15 is 0 Å². The van der Waals surface area contributed by atoms with Crippen LogP contribution in [0.15, 0.2) is 134 Å². The molecule has 0 aromatic carbocycles. The number of hydrogen-bond acceptors (Lipinski definition) is 8. The highest BCUT2D eigenvalue weighted by Crippen LogP contribution is 2.38. The van der Waals surface area contributed by atoms with Gasteiger partial charge in [0.2, 0.25) is 0 Å². The molecule has 0 saturated heterocycles. The first-order valence-electron chi connectivity index (χ1n) is 36.9. The summed E-state index contributed by atoms with van der Waals surface area (Å²) in [5.41, 5.74) is 0. The quantitative estimate of drug-likeness (QED) is 0.0195. The first-order valence-corrected chi connectivity index (χ1v) is 38.4. The molecule has 0 bridgehead atoms. The minimum atomic E-state index is -4.65. The van der Waals surface area contributed by atoms with Crippen molar-refractivity contribution >= 4 is 19.8 Å². The standard InChI is InChI=1S/C80H138NO8P/c1-6-8-10-12-14-16-18-20-22-24-26-28-30-32-34-36-38-39-40-41-43-44-46-48-50-52-54-56-58-60-62-64-66-68-70-72-79(82)86-76-78(77-88-90(84,85)87-75-74-81(3,4)5)89-80(83)73-71-69-67-65-63-61-59-57-55-53-51-49-47-45-42-37-35-33-31-29-27-25-23-21-19-17-15-13-11-9-7-2/h8-11,14-17,20-23,26-29,32-35,42,45,78H,6-7,12-13,18-19,24-25,30-31,36-41,43-44,46-77H2,1-5H3/b10-8-,11-9-,16-14-,17-15-,22-20-,23-21-,28-26-,29-27-,34-32-,35-33-,45-42-. The summed E-state index contributed by atoms with van der Waals surface area (Å²) in [5, 5.41) is 0. The molecule has 0 radical (unpaired) electrons. The maximum atomic E-state index is 12.9. The number of allylic oxidation sites excluding steroid dienone is 22. The Bertz CT molecular complexity index is 1980. The molecule has 0 N–H and O–H groups in total. The molecule has 2 unspecified atom stereocenters. The lowest BCUT2D eigenvalue weighted by Gasteiger charge is -2.28. The van der Waals surface area contributed by atoms with Crippen LogP contribution in [0.1, 0.15) is 309 Å².